The molecule has 0 aromatic heterocycles. The first-order chi connectivity index (χ1) is 7.00. The summed E-state index contributed by atoms with van der Waals surface area (Å²) in [4.78, 5) is 2.41. The van der Waals surface area contributed by atoms with E-state index in [9.17, 15) is 0 Å². The summed E-state index contributed by atoms with van der Waals surface area (Å²) < 4.78 is 0. The van der Waals surface area contributed by atoms with E-state index in [1.54, 1.807) is 0 Å². The lowest BCUT2D eigenvalue weighted by atomic mass is 9.95. The van der Waals surface area contributed by atoms with Gasteiger partial charge in [-0.2, -0.15) is 5.26 Å². The fraction of sp³-hybridized carbons (Fsp3) is 0.917. The van der Waals surface area contributed by atoms with Gasteiger partial charge in [0.1, 0.15) is 5.54 Å². The summed E-state index contributed by atoms with van der Waals surface area (Å²) in [5.74, 6) is 1.57. The van der Waals surface area contributed by atoms with Gasteiger partial charge in [-0.3, -0.25) is 0 Å². The fourth-order valence-electron chi connectivity index (χ4n) is 2.17. The Bertz CT molecular complexity index is 244. The predicted molar refractivity (Wildman–Crippen MR) is 62.5 cm³/mol. The third-order valence-electron chi connectivity index (χ3n) is 3.59. The zero-order chi connectivity index (χ0) is 11.5. The SMILES string of the molecule is CNC(C)(C#N)CN1CCC(C(C)C)C1. The van der Waals surface area contributed by atoms with Crippen LogP contribution in [0.5, 0.6) is 0 Å². The second kappa shape index (κ2) is 4.96. The molecule has 15 heavy (non-hydrogen) atoms. The van der Waals surface area contributed by atoms with Crippen LogP contribution < -0.4 is 5.32 Å². The average Bonchev–Trinajstić information content (AvgIpc) is 2.66. The van der Waals surface area contributed by atoms with Crippen LogP contribution in [0.25, 0.3) is 0 Å². The topological polar surface area (TPSA) is 39.1 Å². The molecule has 1 aliphatic rings. The molecule has 0 aliphatic carbocycles. The van der Waals surface area contributed by atoms with Crippen LogP contribution in [0.1, 0.15) is 27.2 Å². The lowest BCUT2D eigenvalue weighted by molar-refractivity contribution is 0.251. The summed E-state index contributed by atoms with van der Waals surface area (Å²) in [6, 6.07) is 2.35. The van der Waals surface area contributed by atoms with Gasteiger partial charge in [0.2, 0.25) is 0 Å². The molecule has 1 aliphatic heterocycles. The van der Waals surface area contributed by atoms with Crippen molar-refractivity contribution in [3.63, 3.8) is 0 Å². The van der Waals surface area contributed by atoms with E-state index < -0.39 is 5.54 Å². The second-order valence-electron chi connectivity index (χ2n) is 5.22. The minimum Gasteiger partial charge on any atom is -0.302 e. The number of rotatable bonds is 4. The Hall–Kier alpha value is -0.590. The number of hydrogen-bond donors (Lipinski definition) is 1. The summed E-state index contributed by atoms with van der Waals surface area (Å²) in [5, 5.41) is 12.2. The van der Waals surface area contributed by atoms with Gasteiger partial charge in [0.05, 0.1) is 6.07 Å². The lowest BCUT2D eigenvalue weighted by Gasteiger charge is -2.27. The Labute approximate surface area is 93.5 Å². The number of nitrogens with zero attached hydrogens (tertiary/aromatic N) is 2. The molecule has 86 valence electrons. The van der Waals surface area contributed by atoms with Crippen molar-refractivity contribution in [2.45, 2.75) is 32.7 Å². The first-order valence-electron chi connectivity index (χ1n) is 5.83. The maximum atomic E-state index is 9.08. The normalized spacial score (nSPS) is 26.5. The molecular weight excluding hydrogens is 186 g/mol. The summed E-state index contributed by atoms with van der Waals surface area (Å²) >= 11 is 0. The molecule has 0 bridgehead atoms. The largest absolute Gasteiger partial charge is 0.302 e. The molecule has 1 saturated heterocycles. The van der Waals surface area contributed by atoms with Crippen LogP contribution >= 0.6 is 0 Å². The number of nitriles is 1. The number of nitrogens with one attached hydrogen (secondary N) is 1. The van der Waals surface area contributed by atoms with Gasteiger partial charge in [-0.05, 0) is 38.8 Å². The summed E-state index contributed by atoms with van der Waals surface area (Å²) in [6.07, 6.45) is 1.28. The van der Waals surface area contributed by atoms with E-state index >= 15 is 0 Å². The average molecular weight is 209 g/mol. The summed E-state index contributed by atoms with van der Waals surface area (Å²) in [6.45, 7) is 9.67. The van der Waals surface area contributed by atoms with Crippen LogP contribution in [0.15, 0.2) is 0 Å². The van der Waals surface area contributed by atoms with Crippen molar-refractivity contribution < 1.29 is 0 Å². The van der Waals surface area contributed by atoms with Crippen molar-refractivity contribution in [2.24, 2.45) is 11.8 Å². The van der Waals surface area contributed by atoms with Gasteiger partial charge in [0, 0.05) is 13.1 Å². The van der Waals surface area contributed by atoms with E-state index in [2.05, 4.69) is 30.1 Å². The van der Waals surface area contributed by atoms with Crippen molar-refractivity contribution in [1.29, 1.82) is 5.26 Å². The molecular formula is C12H23N3. The van der Waals surface area contributed by atoms with E-state index in [1.807, 2.05) is 14.0 Å². The van der Waals surface area contributed by atoms with Crippen molar-refractivity contribution in [3.8, 4) is 6.07 Å². The molecule has 0 radical (unpaired) electrons. The highest BCUT2D eigenvalue weighted by Crippen LogP contribution is 2.24. The Kier molecular flexibility index (Phi) is 4.12. The monoisotopic (exact) mass is 209 g/mol. The third-order valence-corrected chi connectivity index (χ3v) is 3.59. The summed E-state index contributed by atoms with van der Waals surface area (Å²) in [7, 11) is 1.86. The van der Waals surface area contributed by atoms with E-state index in [4.69, 9.17) is 5.26 Å². The molecule has 0 aromatic rings. The highest BCUT2D eigenvalue weighted by molar-refractivity contribution is 5.05. The fourth-order valence-corrected chi connectivity index (χ4v) is 2.17. The molecule has 0 aromatic carbocycles. The van der Waals surface area contributed by atoms with E-state index in [0.717, 1.165) is 31.5 Å². The smallest absolute Gasteiger partial charge is 0.116 e. The van der Waals surface area contributed by atoms with E-state index in [0.29, 0.717) is 0 Å². The van der Waals surface area contributed by atoms with Crippen LogP contribution in [0.2, 0.25) is 0 Å². The van der Waals surface area contributed by atoms with Gasteiger partial charge in [-0.25, -0.2) is 0 Å². The minimum absolute atomic E-state index is 0.397. The van der Waals surface area contributed by atoms with Crippen LogP contribution in [0.3, 0.4) is 0 Å². The van der Waals surface area contributed by atoms with Gasteiger partial charge in [-0.15, -0.1) is 0 Å². The Morgan fingerprint density at radius 3 is 2.67 bits per heavy atom. The van der Waals surface area contributed by atoms with Crippen LogP contribution in [-0.2, 0) is 0 Å². The molecule has 3 heteroatoms. The molecule has 1 rings (SSSR count). The number of likely N-dealkylation sites (N-methyl/N-ethyl adjacent to an activating group) is 1. The minimum atomic E-state index is -0.397. The van der Waals surface area contributed by atoms with Crippen LogP contribution in [0, 0.1) is 23.2 Å². The zero-order valence-corrected chi connectivity index (χ0v) is 10.4. The maximum absolute atomic E-state index is 9.08. The molecule has 1 fully saturated rings. The number of hydrogen-bond acceptors (Lipinski definition) is 3. The van der Waals surface area contributed by atoms with Crippen molar-refractivity contribution in [2.75, 3.05) is 26.7 Å². The van der Waals surface area contributed by atoms with E-state index in [-0.39, 0.29) is 0 Å². The van der Waals surface area contributed by atoms with Crippen molar-refractivity contribution in [3.05, 3.63) is 0 Å². The second-order valence-corrected chi connectivity index (χ2v) is 5.22. The first kappa shape index (κ1) is 12.5. The Morgan fingerprint density at radius 2 is 2.27 bits per heavy atom. The van der Waals surface area contributed by atoms with Crippen LogP contribution in [-0.4, -0.2) is 37.1 Å². The first-order valence-corrected chi connectivity index (χ1v) is 5.83. The zero-order valence-electron chi connectivity index (χ0n) is 10.4. The molecule has 2 atom stereocenters. The van der Waals surface area contributed by atoms with Gasteiger partial charge in [0.15, 0.2) is 0 Å². The van der Waals surface area contributed by atoms with E-state index in [1.165, 1.54) is 6.42 Å². The quantitative estimate of drug-likeness (QED) is 0.762. The Balaban J connectivity index is 2.46. The molecule has 2 unspecified atom stereocenters. The summed E-state index contributed by atoms with van der Waals surface area (Å²) in [5.41, 5.74) is -0.397. The van der Waals surface area contributed by atoms with Crippen molar-refractivity contribution in [1.82, 2.24) is 10.2 Å². The molecule has 1 heterocycles. The Morgan fingerprint density at radius 1 is 1.60 bits per heavy atom. The maximum Gasteiger partial charge on any atom is 0.116 e. The molecule has 1 N–H and O–H groups in total. The molecule has 0 saturated carbocycles. The van der Waals surface area contributed by atoms with Gasteiger partial charge < -0.3 is 10.2 Å². The predicted octanol–water partition coefficient (Wildman–Crippen LogP) is 1.47. The molecule has 0 amide bonds. The lowest BCUT2D eigenvalue weighted by Crippen LogP contribution is -2.48. The standard InChI is InChI=1S/C12H23N3/c1-10(2)11-5-6-15(7-11)9-12(3,8-13)14-4/h10-11,14H,5-7,9H2,1-4H3. The van der Waals surface area contributed by atoms with Gasteiger partial charge in [0.25, 0.3) is 0 Å². The number of likely N-dealkylation sites (tertiary alicyclic amines) is 1. The highest BCUT2D eigenvalue weighted by Gasteiger charge is 2.30. The molecule has 0 spiro atoms. The van der Waals surface area contributed by atoms with Gasteiger partial charge in [-0.1, -0.05) is 13.8 Å². The van der Waals surface area contributed by atoms with Crippen LogP contribution in [0.4, 0.5) is 0 Å². The molecule has 3 nitrogen and oxygen atoms in total. The van der Waals surface area contributed by atoms with Gasteiger partial charge >= 0.3 is 0 Å². The van der Waals surface area contributed by atoms with Crippen molar-refractivity contribution >= 4 is 0 Å². The highest BCUT2D eigenvalue weighted by atomic mass is 15.2. The third kappa shape index (κ3) is 3.19.